The lowest BCUT2D eigenvalue weighted by molar-refractivity contribution is 0.186. The minimum atomic E-state index is -0.202. The maximum atomic E-state index is 9.13. The van der Waals surface area contributed by atoms with Crippen molar-refractivity contribution in [3.05, 3.63) is 41.5 Å². The minimum Gasteiger partial charge on any atom is -0.393 e. The third-order valence-electron chi connectivity index (χ3n) is 2.64. The molecule has 1 aromatic carbocycles. The molecule has 0 aliphatic carbocycles. The molecule has 0 saturated carbocycles. The van der Waals surface area contributed by atoms with Gasteiger partial charge in [-0.1, -0.05) is 71.0 Å². The van der Waals surface area contributed by atoms with Crippen LogP contribution in [0.1, 0.15) is 71.4 Å². The number of aliphatic hydroxyl groups excluding tert-OH is 1. The first-order chi connectivity index (χ1) is 9.32. The molecule has 0 spiro atoms. The maximum Gasteiger partial charge on any atom is 0.0515 e. The van der Waals surface area contributed by atoms with Gasteiger partial charge in [0.25, 0.3) is 0 Å². The predicted molar refractivity (Wildman–Crippen MR) is 91.0 cm³/mol. The first kappa shape index (κ1) is 18.9. The smallest absolute Gasteiger partial charge is 0.0515 e. The second-order valence-electron chi connectivity index (χ2n) is 6.39. The summed E-state index contributed by atoms with van der Waals surface area (Å²) in [6, 6.07) is 8.61. The Morgan fingerprint density at radius 2 is 1.65 bits per heavy atom. The van der Waals surface area contributed by atoms with Gasteiger partial charge in [0.2, 0.25) is 0 Å². The molecule has 1 aromatic rings. The highest BCUT2D eigenvalue weighted by Crippen LogP contribution is 2.16. The Labute approximate surface area is 125 Å². The summed E-state index contributed by atoms with van der Waals surface area (Å²) in [7, 11) is 0. The molecule has 1 N–H and O–H groups in total. The summed E-state index contributed by atoms with van der Waals surface area (Å²) >= 11 is 0. The summed E-state index contributed by atoms with van der Waals surface area (Å²) in [5.41, 5.74) is 2.62. The van der Waals surface area contributed by atoms with E-state index in [2.05, 4.69) is 71.0 Å². The first-order valence-corrected chi connectivity index (χ1v) is 7.77. The molecule has 1 nitrogen and oxygen atoms in total. The van der Waals surface area contributed by atoms with Gasteiger partial charge < -0.3 is 5.11 Å². The zero-order valence-corrected chi connectivity index (χ0v) is 14.1. The molecular weight excluding hydrogens is 244 g/mol. The molecule has 0 amide bonds. The topological polar surface area (TPSA) is 20.2 Å². The van der Waals surface area contributed by atoms with Crippen LogP contribution in [0, 0.1) is 5.92 Å². The van der Waals surface area contributed by atoms with Crippen molar-refractivity contribution in [2.45, 2.75) is 66.4 Å². The molecule has 1 rings (SSSR count). The number of allylic oxidation sites excluding steroid dienone is 1. The van der Waals surface area contributed by atoms with Crippen LogP contribution in [0.25, 0.3) is 6.08 Å². The van der Waals surface area contributed by atoms with Gasteiger partial charge in [0.1, 0.15) is 0 Å². The summed E-state index contributed by atoms with van der Waals surface area (Å²) in [5.74, 6) is 1.41. The van der Waals surface area contributed by atoms with E-state index in [1.54, 1.807) is 0 Å². The summed E-state index contributed by atoms with van der Waals surface area (Å²) in [6.45, 7) is 12.7. The quantitative estimate of drug-likeness (QED) is 0.737. The highest BCUT2D eigenvalue weighted by atomic mass is 16.3. The van der Waals surface area contributed by atoms with Gasteiger partial charge in [0.15, 0.2) is 0 Å². The molecular formula is C19H32O. The van der Waals surface area contributed by atoms with Crippen LogP contribution in [0.5, 0.6) is 0 Å². The van der Waals surface area contributed by atoms with Crippen molar-refractivity contribution >= 4 is 6.08 Å². The summed E-state index contributed by atoms with van der Waals surface area (Å²) in [6.07, 6.45) is 5.83. The van der Waals surface area contributed by atoms with Crippen molar-refractivity contribution in [3.63, 3.8) is 0 Å². The molecule has 0 unspecified atom stereocenters. The number of hydrogen-bond acceptors (Lipinski definition) is 1. The molecule has 0 radical (unpaired) electrons. The molecule has 1 heteroatoms. The van der Waals surface area contributed by atoms with Crippen molar-refractivity contribution in [2.75, 3.05) is 0 Å². The summed E-state index contributed by atoms with van der Waals surface area (Å²) in [4.78, 5) is 0. The lowest BCUT2D eigenvalue weighted by atomic mass is 10.0. The molecule has 0 fully saturated rings. The Morgan fingerprint density at radius 3 is 2.15 bits per heavy atom. The van der Waals surface area contributed by atoms with Crippen LogP contribution in [-0.4, -0.2) is 11.2 Å². The van der Waals surface area contributed by atoms with E-state index in [1.807, 2.05) is 6.92 Å². The van der Waals surface area contributed by atoms with E-state index in [1.165, 1.54) is 11.1 Å². The third kappa shape index (κ3) is 10.8. The van der Waals surface area contributed by atoms with Gasteiger partial charge in [0, 0.05) is 0 Å². The molecule has 20 heavy (non-hydrogen) atoms. The summed E-state index contributed by atoms with van der Waals surface area (Å²) in [5, 5.41) is 9.13. The van der Waals surface area contributed by atoms with Gasteiger partial charge >= 0.3 is 0 Å². The van der Waals surface area contributed by atoms with E-state index >= 15 is 0 Å². The molecule has 0 saturated heterocycles. The lowest BCUT2D eigenvalue weighted by Gasteiger charge is -2.05. The molecule has 0 aliphatic heterocycles. The Hall–Kier alpha value is -1.08. The van der Waals surface area contributed by atoms with Gasteiger partial charge in [-0.3, -0.25) is 0 Å². The number of benzene rings is 1. The van der Waals surface area contributed by atoms with Crippen molar-refractivity contribution in [3.8, 4) is 0 Å². The van der Waals surface area contributed by atoms with Crippen molar-refractivity contribution < 1.29 is 5.11 Å². The van der Waals surface area contributed by atoms with E-state index in [0.717, 1.165) is 18.8 Å². The average molecular weight is 276 g/mol. The van der Waals surface area contributed by atoms with Crippen molar-refractivity contribution in [1.29, 1.82) is 0 Å². The zero-order chi connectivity index (χ0) is 15.5. The second-order valence-corrected chi connectivity index (χ2v) is 6.39. The van der Waals surface area contributed by atoms with Gasteiger partial charge in [-0.05, 0) is 42.7 Å². The number of hydrogen-bond donors (Lipinski definition) is 1. The van der Waals surface area contributed by atoms with Gasteiger partial charge in [-0.2, -0.15) is 0 Å². The van der Waals surface area contributed by atoms with E-state index in [-0.39, 0.29) is 6.10 Å². The largest absolute Gasteiger partial charge is 0.393 e. The maximum absolute atomic E-state index is 9.13. The van der Waals surface area contributed by atoms with Crippen LogP contribution in [0.15, 0.2) is 30.3 Å². The van der Waals surface area contributed by atoms with Gasteiger partial charge in [-0.15, -0.1) is 0 Å². The molecule has 0 heterocycles. The van der Waals surface area contributed by atoms with Crippen molar-refractivity contribution in [1.82, 2.24) is 0 Å². The molecule has 0 aliphatic rings. The predicted octanol–water partition coefficient (Wildman–Crippen LogP) is 5.65. The Morgan fingerprint density at radius 1 is 1.05 bits per heavy atom. The lowest BCUT2D eigenvalue weighted by Crippen LogP contribution is -1.96. The fourth-order valence-electron chi connectivity index (χ4n) is 1.58. The molecule has 114 valence electrons. The SMILES string of the molecule is CC(C)C.CC(C)c1cccc(/C=C/CC[C@H](C)O)c1. The Kier molecular flexibility index (Phi) is 10.1. The molecule has 0 bridgehead atoms. The Bertz CT molecular complexity index is 372. The monoisotopic (exact) mass is 276 g/mol. The average Bonchev–Trinajstić information content (AvgIpc) is 2.34. The van der Waals surface area contributed by atoms with Crippen LogP contribution in [0.2, 0.25) is 0 Å². The van der Waals surface area contributed by atoms with Crippen molar-refractivity contribution in [2.24, 2.45) is 5.92 Å². The van der Waals surface area contributed by atoms with Crippen LogP contribution in [-0.2, 0) is 0 Å². The van der Waals surface area contributed by atoms with E-state index < -0.39 is 0 Å². The minimum absolute atomic E-state index is 0.202. The summed E-state index contributed by atoms with van der Waals surface area (Å²) < 4.78 is 0. The Balaban J connectivity index is 0.000000796. The third-order valence-corrected chi connectivity index (χ3v) is 2.64. The number of aliphatic hydroxyl groups is 1. The van der Waals surface area contributed by atoms with Crippen LogP contribution in [0.3, 0.4) is 0 Å². The number of rotatable bonds is 5. The van der Waals surface area contributed by atoms with Crippen LogP contribution >= 0.6 is 0 Å². The highest BCUT2D eigenvalue weighted by molar-refractivity contribution is 5.50. The standard InChI is InChI=1S/C15H22O.C4H10/c1-12(2)15-10-6-9-14(11-15)8-5-4-7-13(3)16;1-4(2)3/h5-6,8-13,16H,4,7H2,1-3H3;4H,1-3H3/b8-5+;/t13-;/m0./s1. The highest BCUT2D eigenvalue weighted by Gasteiger charge is 1.98. The zero-order valence-electron chi connectivity index (χ0n) is 14.1. The van der Waals surface area contributed by atoms with Gasteiger partial charge in [0.05, 0.1) is 6.10 Å². The first-order valence-electron chi connectivity index (χ1n) is 7.77. The molecule has 0 aromatic heterocycles. The fourth-order valence-corrected chi connectivity index (χ4v) is 1.58. The fraction of sp³-hybridized carbons (Fsp3) is 0.579. The van der Waals surface area contributed by atoms with Crippen LogP contribution in [0.4, 0.5) is 0 Å². The van der Waals surface area contributed by atoms with E-state index in [0.29, 0.717) is 5.92 Å². The molecule has 1 atom stereocenters. The van der Waals surface area contributed by atoms with Crippen LogP contribution < -0.4 is 0 Å². The second kappa shape index (κ2) is 10.7. The van der Waals surface area contributed by atoms with E-state index in [4.69, 9.17) is 5.11 Å². The normalized spacial score (nSPS) is 12.7. The van der Waals surface area contributed by atoms with E-state index in [9.17, 15) is 0 Å². The van der Waals surface area contributed by atoms with Gasteiger partial charge in [-0.25, -0.2) is 0 Å².